The zero-order valence-corrected chi connectivity index (χ0v) is 10.9. The van der Waals surface area contributed by atoms with E-state index < -0.39 is 5.91 Å². The summed E-state index contributed by atoms with van der Waals surface area (Å²) >= 11 is 0. The number of amides is 1. The first kappa shape index (κ1) is 13.4. The molecule has 1 saturated heterocycles. The van der Waals surface area contributed by atoms with Crippen LogP contribution in [0.5, 0.6) is 5.75 Å². The topological polar surface area (TPSA) is 88.1 Å². The monoisotopic (exact) mass is 259 g/mol. The van der Waals surface area contributed by atoms with Crippen LogP contribution in [-0.2, 0) is 0 Å². The predicted octanol–water partition coefficient (Wildman–Crippen LogP) is 1.18. The van der Waals surface area contributed by atoms with E-state index in [0.29, 0.717) is 17.9 Å². The Morgan fingerprint density at radius 1 is 1.63 bits per heavy atom. The number of benzene rings is 1. The van der Waals surface area contributed by atoms with Gasteiger partial charge in [0.05, 0.1) is 17.2 Å². The van der Waals surface area contributed by atoms with Gasteiger partial charge in [-0.25, -0.2) is 0 Å². The lowest BCUT2D eigenvalue weighted by Crippen LogP contribution is -2.42. The molecule has 1 aromatic carbocycles. The van der Waals surface area contributed by atoms with Crippen LogP contribution in [-0.4, -0.2) is 24.6 Å². The molecule has 3 N–H and O–H groups in total. The summed E-state index contributed by atoms with van der Waals surface area (Å²) in [4.78, 5) is 11.4. The van der Waals surface area contributed by atoms with E-state index in [0.717, 1.165) is 19.4 Å². The van der Waals surface area contributed by atoms with Crippen LogP contribution in [0.15, 0.2) is 18.2 Å². The minimum Gasteiger partial charge on any atom is -0.491 e. The number of primary amides is 1. The third-order valence-electron chi connectivity index (χ3n) is 3.38. The molecule has 0 spiro atoms. The molecule has 0 unspecified atom stereocenters. The fourth-order valence-corrected chi connectivity index (χ4v) is 2.24. The number of hydrogen-bond acceptors (Lipinski definition) is 4. The van der Waals surface area contributed by atoms with Crippen LogP contribution in [0.2, 0.25) is 0 Å². The Morgan fingerprint density at radius 3 is 3.00 bits per heavy atom. The van der Waals surface area contributed by atoms with Gasteiger partial charge in [-0.2, -0.15) is 5.26 Å². The molecule has 0 bridgehead atoms. The van der Waals surface area contributed by atoms with Crippen molar-refractivity contribution in [2.75, 3.05) is 13.2 Å². The van der Waals surface area contributed by atoms with Gasteiger partial charge >= 0.3 is 0 Å². The van der Waals surface area contributed by atoms with Crippen molar-refractivity contribution in [1.82, 2.24) is 5.32 Å². The molecule has 1 amide bonds. The third-order valence-corrected chi connectivity index (χ3v) is 3.38. The largest absolute Gasteiger partial charge is 0.491 e. The molecule has 19 heavy (non-hydrogen) atoms. The predicted molar refractivity (Wildman–Crippen MR) is 70.8 cm³/mol. The van der Waals surface area contributed by atoms with Crippen LogP contribution in [0.3, 0.4) is 0 Å². The maximum Gasteiger partial charge on any atom is 0.252 e. The Bertz CT molecular complexity index is 528. The van der Waals surface area contributed by atoms with E-state index in [-0.39, 0.29) is 11.1 Å². The molecule has 0 aliphatic carbocycles. The average molecular weight is 259 g/mol. The van der Waals surface area contributed by atoms with E-state index in [1.165, 1.54) is 6.07 Å². The Kier molecular flexibility index (Phi) is 3.72. The lowest BCUT2D eigenvalue weighted by Gasteiger charge is -2.24. The highest BCUT2D eigenvalue weighted by molar-refractivity contribution is 5.96. The minimum absolute atomic E-state index is 0.0667. The van der Waals surface area contributed by atoms with E-state index in [4.69, 9.17) is 15.7 Å². The molecular formula is C14H17N3O2. The van der Waals surface area contributed by atoms with E-state index in [9.17, 15) is 4.79 Å². The van der Waals surface area contributed by atoms with Crippen LogP contribution in [0.1, 0.15) is 35.7 Å². The highest BCUT2D eigenvalue weighted by atomic mass is 16.5. The first-order chi connectivity index (χ1) is 9.04. The lowest BCUT2D eigenvalue weighted by molar-refractivity contribution is 0.0994. The molecular weight excluding hydrogens is 242 g/mol. The number of nitrogens with one attached hydrogen (secondary N) is 1. The first-order valence-corrected chi connectivity index (χ1v) is 6.26. The number of nitrogens with two attached hydrogens (primary N) is 1. The van der Waals surface area contributed by atoms with Gasteiger partial charge in [-0.15, -0.1) is 0 Å². The van der Waals surface area contributed by atoms with Gasteiger partial charge in [0, 0.05) is 5.54 Å². The molecule has 5 nitrogen and oxygen atoms in total. The second kappa shape index (κ2) is 5.29. The number of carbonyl (C=O) groups is 1. The Hall–Kier alpha value is -2.06. The number of rotatable bonds is 4. The molecule has 1 aliphatic rings. The van der Waals surface area contributed by atoms with Crippen molar-refractivity contribution >= 4 is 5.91 Å². The summed E-state index contributed by atoms with van der Waals surface area (Å²) < 4.78 is 5.71. The van der Waals surface area contributed by atoms with Gasteiger partial charge in [-0.3, -0.25) is 4.79 Å². The standard InChI is InChI=1S/C14H17N3O2/c1-14(5-2-6-17-14)9-19-12-4-3-10(8-15)7-11(12)13(16)18/h3-4,7,17H,2,5-6,9H2,1H3,(H2,16,18)/t14-/m0/s1. The van der Waals surface area contributed by atoms with E-state index in [1.807, 2.05) is 6.07 Å². The molecule has 100 valence electrons. The molecule has 1 heterocycles. The van der Waals surface area contributed by atoms with Gasteiger partial charge in [0.15, 0.2) is 0 Å². The molecule has 2 rings (SSSR count). The molecule has 1 aliphatic heterocycles. The highest BCUT2D eigenvalue weighted by Crippen LogP contribution is 2.24. The molecule has 1 fully saturated rings. The molecule has 0 saturated carbocycles. The Balaban J connectivity index is 2.16. The summed E-state index contributed by atoms with van der Waals surface area (Å²) in [6, 6.07) is 6.68. The quantitative estimate of drug-likeness (QED) is 0.849. The number of ether oxygens (including phenoxy) is 1. The summed E-state index contributed by atoms with van der Waals surface area (Å²) in [5.41, 5.74) is 5.89. The number of hydrogen-bond donors (Lipinski definition) is 2. The molecule has 1 atom stereocenters. The summed E-state index contributed by atoms with van der Waals surface area (Å²) in [6.45, 7) is 3.54. The maximum atomic E-state index is 11.4. The van der Waals surface area contributed by atoms with Crippen molar-refractivity contribution in [2.24, 2.45) is 5.73 Å². The highest BCUT2D eigenvalue weighted by Gasteiger charge is 2.29. The van der Waals surface area contributed by atoms with Crippen LogP contribution < -0.4 is 15.8 Å². The SMILES string of the molecule is C[C@@]1(COc2ccc(C#N)cc2C(N)=O)CCCN1. The third kappa shape index (κ3) is 3.04. The smallest absolute Gasteiger partial charge is 0.252 e. The molecule has 0 radical (unpaired) electrons. The molecule has 1 aromatic rings. The Morgan fingerprint density at radius 2 is 2.42 bits per heavy atom. The van der Waals surface area contributed by atoms with Gasteiger partial charge in [-0.05, 0) is 44.5 Å². The Labute approximate surface area is 112 Å². The second-order valence-corrected chi connectivity index (χ2v) is 5.07. The summed E-state index contributed by atoms with van der Waals surface area (Å²) in [6.07, 6.45) is 2.16. The number of nitriles is 1. The summed E-state index contributed by atoms with van der Waals surface area (Å²) in [7, 11) is 0. The van der Waals surface area contributed by atoms with Crippen molar-refractivity contribution in [1.29, 1.82) is 5.26 Å². The van der Waals surface area contributed by atoms with Crippen molar-refractivity contribution in [3.8, 4) is 11.8 Å². The average Bonchev–Trinajstić information content (AvgIpc) is 2.83. The van der Waals surface area contributed by atoms with Gasteiger partial charge in [-0.1, -0.05) is 0 Å². The number of nitrogens with zero attached hydrogens (tertiary/aromatic N) is 1. The van der Waals surface area contributed by atoms with Crippen LogP contribution in [0.25, 0.3) is 0 Å². The van der Waals surface area contributed by atoms with E-state index >= 15 is 0 Å². The van der Waals surface area contributed by atoms with Gasteiger partial charge in [0.25, 0.3) is 5.91 Å². The van der Waals surface area contributed by atoms with Crippen molar-refractivity contribution < 1.29 is 9.53 Å². The summed E-state index contributed by atoms with van der Waals surface area (Å²) in [5, 5.41) is 12.2. The van der Waals surface area contributed by atoms with Crippen LogP contribution in [0, 0.1) is 11.3 Å². The van der Waals surface area contributed by atoms with Crippen molar-refractivity contribution in [2.45, 2.75) is 25.3 Å². The van der Waals surface area contributed by atoms with Gasteiger partial charge < -0.3 is 15.8 Å². The first-order valence-electron chi connectivity index (χ1n) is 6.26. The fraction of sp³-hybridized carbons (Fsp3) is 0.429. The summed E-state index contributed by atoms with van der Waals surface area (Å²) in [5.74, 6) is -0.155. The van der Waals surface area contributed by atoms with Crippen molar-refractivity contribution in [3.63, 3.8) is 0 Å². The molecule has 0 aromatic heterocycles. The zero-order valence-electron chi connectivity index (χ0n) is 10.9. The van der Waals surface area contributed by atoms with Crippen LogP contribution >= 0.6 is 0 Å². The lowest BCUT2D eigenvalue weighted by atomic mass is 10.0. The van der Waals surface area contributed by atoms with Crippen molar-refractivity contribution in [3.05, 3.63) is 29.3 Å². The van der Waals surface area contributed by atoms with E-state index in [1.54, 1.807) is 12.1 Å². The normalized spacial score (nSPS) is 21.9. The zero-order chi connectivity index (χ0) is 13.9. The maximum absolute atomic E-state index is 11.4. The van der Waals surface area contributed by atoms with Crippen LogP contribution in [0.4, 0.5) is 0 Å². The van der Waals surface area contributed by atoms with Gasteiger partial charge in [0.2, 0.25) is 0 Å². The number of carbonyl (C=O) groups excluding carboxylic acids is 1. The second-order valence-electron chi connectivity index (χ2n) is 5.07. The van der Waals surface area contributed by atoms with E-state index in [2.05, 4.69) is 12.2 Å². The van der Waals surface area contributed by atoms with Gasteiger partial charge in [0.1, 0.15) is 12.4 Å². The molecule has 5 heteroatoms. The fourth-order valence-electron chi connectivity index (χ4n) is 2.24. The minimum atomic E-state index is -0.586.